The average Bonchev–Trinajstić information content (AvgIpc) is 3.07. The van der Waals surface area contributed by atoms with Crippen molar-refractivity contribution in [2.75, 3.05) is 0 Å². The number of carbonyl (C=O) groups excluding carboxylic acids is 4. The van der Waals surface area contributed by atoms with E-state index in [0.717, 1.165) is 75.0 Å². The molecule has 0 bridgehead atoms. The van der Waals surface area contributed by atoms with Crippen molar-refractivity contribution in [3.05, 3.63) is 0 Å². The van der Waals surface area contributed by atoms with Crippen LogP contribution in [0.1, 0.15) is 205 Å². The fourth-order valence-electron chi connectivity index (χ4n) is 8.04. The third-order valence-electron chi connectivity index (χ3n) is 10.9. The van der Waals surface area contributed by atoms with Gasteiger partial charge in [0.1, 0.15) is 0 Å². The molecule has 280 valence electrons. The Morgan fingerprint density at radius 2 is 0.490 bits per heavy atom. The van der Waals surface area contributed by atoms with Crippen molar-refractivity contribution in [1.29, 1.82) is 0 Å². The van der Waals surface area contributed by atoms with Crippen molar-refractivity contribution >= 4 is 51.2 Å². The Labute approximate surface area is 318 Å². The van der Waals surface area contributed by atoms with Crippen molar-refractivity contribution in [2.24, 2.45) is 23.7 Å². The quantitative estimate of drug-likeness (QED) is 0.182. The van der Waals surface area contributed by atoms with E-state index in [2.05, 4.69) is 0 Å². The van der Waals surface area contributed by atoms with Gasteiger partial charge in [-0.2, -0.15) is 0 Å². The molecule has 0 amide bonds. The second kappa shape index (κ2) is 32.7. The molecule has 0 heterocycles. The number of carboxylic acids is 4. The molecule has 4 rings (SSSR count). The third-order valence-corrected chi connectivity index (χ3v) is 10.9. The van der Waals surface area contributed by atoms with Gasteiger partial charge in [0.2, 0.25) is 0 Å². The number of hydrogen-bond donors (Lipinski definition) is 0. The second-order valence-corrected chi connectivity index (χ2v) is 15.1. The van der Waals surface area contributed by atoms with Crippen molar-refractivity contribution in [3.8, 4) is 0 Å². The van der Waals surface area contributed by atoms with E-state index in [0.29, 0.717) is 0 Å². The molecule has 4 saturated carbocycles. The number of carbonyl (C=O) groups is 4. The number of hydrogen-bond acceptors (Lipinski definition) is 8. The van der Waals surface area contributed by atoms with Gasteiger partial charge in [-0.25, -0.2) is 0 Å². The van der Waals surface area contributed by atoms with Crippen molar-refractivity contribution in [2.45, 2.75) is 205 Å². The van der Waals surface area contributed by atoms with E-state index < -0.39 is 23.9 Å². The molecule has 0 radical (unpaired) electrons. The van der Waals surface area contributed by atoms with Gasteiger partial charge in [-0.1, -0.05) is 154 Å². The molecular formula is C40H68O8Pb. The van der Waals surface area contributed by atoms with Crippen molar-refractivity contribution in [1.82, 2.24) is 0 Å². The Kier molecular flexibility index (Phi) is 31.9. The maximum absolute atomic E-state index is 10.1. The molecule has 4 fully saturated rings. The average molecular weight is 884 g/mol. The summed E-state index contributed by atoms with van der Waals surface area (Å²) in [7, 11) is 0. The predicted molar refractivity (Wildman–Crippen MR) is 187 cm³/mol. The summed E-state index contributed by atoms with van der Waals surface area (Å²) in [6.45, 7) is 0. The summed E-state index contributed by atoms with van der Waals surface area (Å²) in [4.78, 5) is 40.5. The molecule has 0 atom stereocenters. The number of carboxylic acid groups (broad SMARTS) is 4. The van der Waals surface area contributed by atoms with Crippen LogP contribution in [0, 0.1) is 23.7 Å². The van der Waals surface area contributed by atoms with Gasteiger partial charge >= 0.3 is 27.3 Å². The Balaban J connectivity index is 0.000000623. The molecule has 0 N–H and O–H groups in total. The zero-order valence-corrected chi connectivity index (χ0v) is 34.6. The summed E-state index contributed by atoms with van der Waals surface area (Å²) in [6.07, 6.45) is 35.3. The first-order valence-corrected chi connectivity index (χ1v) is 19.9. The normalized spacial score (nSPS) is 18.9. The fraction of sp³-hybridized carbons (Fsp3) is 0.900. The summed E-state index contributed by atoms with van der Waals surface area (Å²) in [5, 5.41) is 40.5. The summed E-state index contributed by atoms with van der Waals surface area (Å²) < 4.78 is 0. The molecule has 0 aromatic rings. The second-order valence-electron chi connectivity index (χ2n) is 15.1. The first-order valence-electron chi connectivity index (χ1n) is 19.9. The Morgan fingerprint density at radius 1 is 0.327 bits per heavy atom. The SMILES string of the molecule is O=C([O-])CCCC1CCCCC1.O=C([O-])CCCC1CCCCC1.O=C([O-])CCCC1CCCCC1.O=C([O-])CCCC1CCCCC1.[Pb+4]. The molecule has 0 saturated heterocycles. The minimum Gasteiger partial charge on any atom is -0.550 e. The molecular weight excluding hydrogens is 816 g/mol. The molecule has 0 unspecified atom stereocenters. The van der Waals surface area contributed by atoms with E-state index in [9.17, 15) is 39.6 Å². The number of aliphatic carboxylic acids is 4. The van der Waals surface area contributed by atoms with Gasteiger partial charge in [0.15, 0.2) is 0 Å². The molecule has 4 aliphatic carbocycles. The van der Waals surface area contributed by atoms with E-state index in [-0.39, 0.29) is 53.0 Å². The Morgan fingerprint density at radius 3 is 0.633 bits per heavy atom. The molecule has 8 nitrogen and oxygen atoms in total. The largest absolute Gasteiger partial charge is 4.00 e. The van der Waals surface area contributed by atoms with E-state index in [4.69, 9.17) is 0 Å². The van der Waals surface area contributed by atoms with Gasteiger partial charge in [0.05, 0.1) is 0 Å². The summed E-state index contributed by atoms with van der Waals surface area (Å²) in [6, 6.07) is 0. The number of rotatable bonds is 16. The van der Waals surface area contributed by atoms with Gasteiger partial charge in [-0.15, -0.1) is 0 Å². The summed E-state index contributed by atoms with van der Waals surface area (Å²) in [5.41, 5.74) is 0. The van der Waals surface area contributed by atoms with E-state index in [1.54, 1.807) is 0 Å². The first-order chi connectivity index (χ1) is 23.2. The monoisotopic (exact) mass is 884 g/mol. The van der Waals surface area contributed by atoms with Gasteiger partial charge in [0.25, 0.3) is 0 Å². The standard InChI is InChI=1S/4C10H18O2.Pb/c4*11-10(12)8-4-7-9-5-2-1-3-6-9;/h4*9H,1-8H2,(H,11,12);/q;;;;+4/p-4. The van der Waals surface area contributed by atoms with Gasteiger partial charge in [-0.05, 0) is 75.0 Å². The molecule has 0 aromatic carbocycles. The van der Waals surface area contributed by atoms with Crippen LogP contribution in [-0.2, 0) is 19.2 Å². The Hall–Kier alpha value is -1.20. The van der Waals surface area contributed by atoms with Crippen LogP contribution in [0.15, 0.2) is 0 Å². The predicted octanol–water partition coefficient (Wildman–Crippen LogP) is 5.57. The smallest absolute Gasteiger partial charge is 0.550 e. The molecule has 0 spiro atoms. The minimum atomic E-state index is -0.897. The molecule has 9 heteroatoms. The minimum absolute atomic E-state index is 0. The van der Waals surface area contributed by atoms with Crippen LogP contribution in [0.25, 0.3) is 0 Å². The van der Waals surface area contributed by atoms with Crippen LogP contribution >= 0.6 is 0 Å². The third kappa shape index (κ3) is 31.3. The van der Waals surface area contributed by atoms with Gasteiger partial charge in [-0.3, -0.25) is 0 Å². The fourth-order valence-corrected chi connectivity index (χ4v) is 8.04. The van der Waals surface area contributed by atoms with Crippen LogP contribution in [-0.4, -0.2) is 51.2 Å². The zero-order chi connectivity index (χ0) is 35.2. The van der Waals surface area contributed by atoms with E-state index in [1.807, 2.05) is 0 Å². The zero-order valence-electron chi connectivity index (χ0n) is 30.7. The van der Waals surface area contributed by atoms with Crippen LogP contribution in [0.3, 0.4) is 0 Å². The van der Waals surface area contributed by atoms with E-state index in [1.165, 1.54) is 128 Å². The molecule has 4 aliphatic rings. The molecule has 0 aromatic heterocycles. The maximum Gasteiger partial charge on any atom is 4.00 e. The first kappa shape index (κ1) is 47.8. The van der Waals surface area contributed by atoms with Crippen molar-refractivity contribution in [3.63, 3.8) is 0 Å². The topological polar surface area (TPSA) is 161 Å². The van der Waals surface area contributed by atoms with Crippen LogP contribution in [0.4, 0.5) is 0 Å². The van der Waals surface area contributed by atoms with Gasteiger partial charge < -0.3 is 39.6 Å². The van der Waals surface area contributed by atoms with Gasteiger partial charge in [0, 0.05) is 23.9 Å². The van der Waals surface area contributed by atoms with Crippen LogP contribution in [0.2, 0.25) is 0 Å². The van der Waals surface area contributed by atoms with E-state index >= 15 is 0 Å². The summed E-state index contributed by atoms with van der Waals surface area (Å²) in [5.74, 6) is -0.374. The molecule has 0 aliphatic heterocycles. The van der Waals surface area contributed by atoms with Crippen molar-refractivity contribution < 1.29 is 39.6 Å². The van der Waals surface area contributed by atoms with Crippen LogP contribution in [0.5, 0.6) is 0 Å². The summed E-state index contributed by atoms with van der Waals surface area (Å²) >= 11 is 0. The molecule has 49 heavy (non-hydrogen) atoms. The Bertz CT molecular complexity index is 690. The maximum atomic E-state index is 10.1. The van der Waals surface area contributed by atoms with Crippen LogP contribution < -0.4 is 20.4 Å².